The number of aromatic hydroxyl groups is 4. The van der Waals surface area contributed by atoms with Crippen LogP contribution in [-0.2, 0) is 4.79 Å². The number of aliphatic hydroxyl groups is 1. The summed E-state index contributed by atoms with van der Waals surface area (Å²) in [6.07, 6.45) is -2.89. The molecule has 0 bridgehead atoms. The van der Waals surface area contributed by atoms with E-state index in [1.54, 1.807) is 0 Å². The summed E-state index contributed by atoms with van der Waals surface area (Å²) >= 11 is 0. The number of hydrogen-bond donors (Lipinski definition) is 6. The minimum Gasteiger partial charge on any atom is -0.508 e. The number of carbonyl (C=O) groups is 1. The zero-order chi connectivity index (χ0) is 18.3. The van der Waals surface area contributed by atoms with Crippen molar-refractivity contribution in [3.05, 3.63) is 41.5 Å². The average molecular weight is 348 g/mol. The van der Waals surface area contributed by atoms with Crippen molar-refractivity contribution in [2.75, 3.05) is 0 Å². The Balaban J connectivity index is 2.10. The topological polar surface area (TPSA) is 148 Å². The van der Waals surface area contributed by atoms with Crippen LogP contribution < -0.4 is 4.74 Å². The first kappa shape index (κ1) is 16.7. The van der Waals surface area contributed by atoms with Gasteiger partial charge in [0, 0.05) is 23.6 Å². The molecule has 0 saturated heterocycles. The lowest BCUT2D eigenvalue weighted by atomic mass is 9.82. The van der Waals surface area contributed by atoms with Crippen molar-refractivity contribution in [1.29, 1.82) is 0 Å². The maximum Gasteiger partial charge on any atom is 0.304 e. The van der Waals surface area contributed by atoms with E-state index in [-0.39, 0.29) is 28.6 Å². The van der Waals surface area contributed by atoms with Crippen molar-refractivity contribution in [3.8, 4) is 28.7 Å². The molecule has 132 valence electrons. The van der Waals surface area contributed by atoms with Gasteiger partial charge in [-0.1, -0.05) is 6.07 Å². The third-order valence-corrected chi connectivity index (χ3v) is 4.17. The Labute approximate surface area is 141 Å². The first-order chi connectivity index (χ1) is 11.8. The van der Waals surface area contributed by atoms with Crippen LogP contribution in [-0.4, -0.2) is 42.7 Å². The molecule has 3 atom stereocenters. The minimum atomic E-state index is -1.34. The number of fused-ring (bicyclic) bond motifs is 1. The lowest BCUT2D eigenvalue weighted by Crippen LogP contribution is -2.35. The summed E-state index contributed by atoms with van der Waals surface area (Å²) < 4.78 is 5.64. The molecular formula is C17H16O8. The summed E-state index contributed by atoms with van der Waals surface area (Å²) in [5.41, 5.74) is 0.388. The number of hydrogen-bond acceptors (Lipinski definition) is 7. The highest BCUT2D eigenvalue weighted by molar-refractivity contribution is 5.69. The molecule has 0 aliphatic carbocycles. The van der Waals surface area contributed by atoms with E-state index >= 15 is 0 Å². The Kier molecular flexibility index (Phi) is 4.05. The Bertz CT molecular complexity index is 832. The molecule has 8 heteroatoms. The van der Waals surface area contributed by atoms with Gasteiger partial charge in [0.15, 0.2) is 17.6 Å². The summed E-state index contributed by atoms with van der Waals surface area (Å²) in [5.74, 6) is -3.59. The van der Waals surface area contributed by atoms with Gasteiger partial charge in [0.2, 0.25) is 0 Å². The second-order valence-corrected chi connectivity index (χ2v) is 5.86. The molecular weight excluding hydrogens is 332 g/mol. The second-order valence-electron chi connectivity index (χ2n) is 5.86. The predicted octanol–water partition coefficient (Wildman–Crippen LogP) is 1.56. The highest BCUT2D eigenvalue weighted by Gasteiger charge is 2.41. The number of phenols is 4. The van der Waals surface area contributed by atoms with E-state index in [1.165, 1.54) is 24.3 Å². The fourth-order valence-electron chi connectivity index (χ4n) is 3.05. The summed E-state index contributed by atoms with van der Waals surface area (Å²) in [7, 11) is 0. The van der Waals surface area contributed by atoms with Crippen LogP contribution in [0.25, 0.3) is 0 Å². The molecule has 2 aromatic carbocycles. The van der Waals surface area contributed by atoms with Crippen LogP contribution in [0.2, 0.25) is 0 Å². The fraction of sp³-hybridized carbons (Fsp3) is 0.235. The van der Waals surface area contributed by atoms with Crippen molar-refractivity contribution < 1.29 is 40.2 Å². The van der Waals surface area contributed by atoms with Gasteiger partial charge in [-0.25, -0.2) is 0 Å². The van der Waals surface area contributed by atoms with Crippen molar-refractivity contribution in [2.45, 2.75) is 24.5 Å². The van der Waals surface area contributed by atoms with Gasteiger partial charge in [0.1, 0.15) is 23.4 Å². The number of rotatable bonds is 3. The third-order valence-electron chi connectivity index (χ3n) is 4.17. The van der Waals surface area contributed by atoms with Gasteiger partial charge in [0.25, 0.3) is 0 Å². The van der Waals surface area contributed by atoms with Crippen molar-refractivity contribution >= 4 is 5.97 Å². The van der Waals surface area contributed by atoms with Crippen LogP contribution in [0.1, 0.15) is 29.6 Å². The molecule has 1 aliphatic heterocycles. The molecule has 0 spiro atoms. The normalized spacial score (nSPS) is 22.0. The van der Waals surface area contributed by atoms with Gasteiger partial charge in [-0.05, 0) is 17.7 Å². The molecule has 6 N–H and O–H groups in total. The minimum absolute atomic E-state index is 0.0339. The van der Waals surface area contributed by atoms with Crippen LogP contribution in [0, 0.1) is 0 Å². The summed E-state index contributed by atoms with van der Waals surface area (Å²) in [4.78, 5) is 11.2. The van der Waals surface area contributed by atoms with Gasteiger partial charge in [-0.15, -0.1) is 0 Å². The molecule has 0 aromatic heterocycles. The molecule has 3 unspecified atom stereocenters. The van der Waals surface area contributed by atoms with E-state index < -0.39 is 36.3 Å². The van der Waals surface area contributed by atoms with E-state index in [2.05, 4.69) is 0 Å². The standard InChI is InChI=1S/C17H16O8/c18-8-4-12(21)15-9(6-14(22)23)16(24)17(25-13(15)5-8)7-1-2-10(19)11(20)3-7/h1-5,9,16-21,24H,6H2,(H,22,23). The van der Waals surface area contributed by atoms with Crippen molar-refractivity contribution in [3.63, 3.8) is 0 Å². The van der Waals surface area contributed by atoms with Crippen molar-refractivity contribution in [2.24, 2.45) is 0 Å². The zero-order valence-corrected chi connectivity index (χ0v) is 12.8. The summed E-state index contributed by atoms with van der Waals surface area (Å²) in [5, 5.41) is 58.5. The molecule has 0 saturated carbocycles. The van der Waals surface area contributed by atoms with Crippen LogP contribution in [0.3, 0.4) is 0 Å². The van der Waals surface area contributed by atoms with Gasteiger partial charge >= 0.3 is 5.97 Å². The maximum absolute atomic E-state index is 11.2. The molecule has 0 amide bonds. The number of benzene rings is 2. The molecule has 3 rings (SSSR count). The van der Waals surface area contributed by atoms with E-state index in [1.807, 2.05) is 0 Å². The van der Waals surface area contributed by atoms with Gasteiger partial charge in [-0.3, -0.25) is 4.79 Å². The molecule has 1 heterocycles. The number of carboxylic acids is 1. The second kappa shape index (κ2) is 6.06. The zero-order valence-electron chi connectivity index (χ0n) is 12.8. The largest absolute Gasteiger partial charge is 0.508 e. The fourth-order valence-corrected chi connectivity index (χ4v) is 3.05. The molecule has 0 fully saturated rings. The SMILES string of the molecule is O=C(O)CC1c2c(O)cc(O)cc2OC(c2ccc(O)c(O)c2)C1O. The van der Waals surface area contributed by atoms with E-state index in [9.17, 15) is 30.3 Å². The number of ether oxygens (including phenoxy) is 1. The lowest BCUT2D eigenvalue weighted by molar-refractivity contribution is -0.139. The Morgan fingerprint density at radius 1 is 1.00 bits per heavy atom. The first-order valence-electron chi connectivity index (χ1n) is 7.42. The molecule has 25 heavy (non-hydrogen) atoms. The van der Waals surface area contributed by atoms with Crippen LogP contribution in [0.5, 0.6) is 28.7 Å². The van der Waals surface area contributed by atoms with Crippen LogP contribution in [0.4, 0.5) is 0 Å². The number of phenolic OH excluding ortho intramolecular Hbond substituents is 4. The third kappa shape index (κ3) is 2.99. The van der Waals surface area contributed by atoms with E-state index in [0.717, 1.165) is 6.07 Å². The Morgan fingerprint density at radius 3 is 2.36 bits per heavy atom. The monoisotopic (exact) mass is 348 g/mol. The number of carboxylic acid groups (broad SMARTS) is 1. The van der Waals surface area contributed by atoms with Crippen molar-refractivity contribution in [1.82, 2.24) is 0 Å². The first-order valence-corrected chi connectivity index (χ1v) is 7.42. The number of aliphatic hydroxyl groups excluding tert-OH is 1. The van der Waals surface area contributed by atoms with Gasteiger partial charge < -0.3 is 35.4 Å². The molecule has 1 aliphatic rings. The molecule has 2 aromatic rings. The Hall–Kier alpha value is -3.13. The van der Waals surface area contributed by atoms with Gasteiger partial charge in [0.05, 0.1) is 6.42 Å². The molecule has 0 radical (unpaired) electrons. The quantitative estimate of drug-likeness (QED) is 0.458. The number of aliphatic carboxylic acids is 1. The van der Waals surface area contributed by atoms with Gasteiger partial charge in [-0.2, -0.15) is 0 Å². The lowest BCUT2D eigenvalue weighted by Gasteiger charge is -2.37. The Morgan fingerprint density at radius 2 is 1.72 bits per heavy atom. The predicted molar refractivity (Wildman–Crippen MR) is 83.9 cm³/mol. The maximum atomic E-state index is 11.2. The van der Waals surface area contributed by atoms with E-state index in [0.29, 0.717) is 5.56 Å². The average Bonchev–Trinajstić information content (AvgIpc) is 2.52. The molecule has 8 nitrogen and oxygen atoms in total. The highest BCUT2D eigenvalue weighted by atomic mass is 16.5. The van der Waals surface area contributed by atoms with Crippen LogP contribution in [0.15, 0.2) is 30.3 Å². The van der Waals surface area contributed by atoms with E-state index in [4.69, 9.17) is 9.84 Å². The smallest absolute Gasteiger partial charge is 0.304 e. The highest BCUT2D eigenvalue weighted by Crippen LogP contribution is 2.49. The summed E-state index contributed by atoms with van der Waals surface area (Å²) in [6.45, 7) is 0. The summed E-state index contributed by atoms with van der Waals surface area (Å²) in [6, 6.07) is 6.06. The van der Waals surface area contributed by atoms with Crippen LogP contribution >= 0.6 is 0 Å².